The van der Waals surface area contributed by atoms with Crippen LogP contribution in [0, 0.1) is 0 Å². The van der Waals surface area contributed by atoms with Crippen molar-refractivity contribution in [2.75, 3.05) is 39.3 Å². The summed E-state index contributed by atoms with van der Waals surface area (Å²) in [5.41, 5.74) is 0. The van der Waals surface area contributed by atoms with E-state index in [-0.39, 0.29) is 11.8 Å². The molecule has 1 aliphatic heterocycles. The van der Waals surface area contributed by atoms with E-state index in [0.717, 1.165) is 6.54 Å². The number of nitrogens with zero attached hydrogens (tertiary/aromatic N) is 3. The Morgan fingerprint density at radius 3 is 2.55 bits per heavy atom. The molecule has 2 heterocycles. The van der Waals surface area contributed by atoms with Crippen LogP contribution in [0.25, 0.3) is 0 Å². The summed E-state index contributed by atoms with van der Waals surface area (Å²) in [5, 5.41) is 2.05. The molecule has 0 N–H and O–H groups in total. The Balaban J connectivity index is 1.85. The maximum atomic E-state index is 12.4. The summed E-state index contributed by atoms with van der Waals surface area (Å²) >= 11 is 1.70. The Bertz CT molecular complexity index is 507. The predicted molar refractivity (Wildman–Crippen MR) is 88.6 cm³/mol. The molecule has 1 fully saturated rings. The van der Waals surface area contributed by atoms with Gasteiger partial charge in [0.15, 0.2) is 0 Å². The minimum atomic E-state index is 0.0816. The van der Waals surface area contributed by atoms with Crippen LogP contribution >= 0.6 is 11.3 Å². The molecule has 0 spiro atoms. The Kier molecular flexibility index (Phi) is 6.15. The third kappa shape index (κ3) is 4.68. The highest BCUT2D eigenvalue weighted by Crippen LogP contribution is 2.12. The van der Waals surface area contributed by atoms with Crippen molar-refractivity contribution in [2.24, 2.45) is 0 Å². The Morgan fingerprint density at radius 2 is 2.00 bits per heavy atom. The number of hydrogen-bond donors (Lipinski definition) is 0. The molecule has 0 unspecified atom stereocenters. The molecule has 22 heavy (non-hydrogen) atoms. The molecule has 6 heteroatoms. The summed E-state index contributed by atoms with van der Waals surface area (Å²) in [6.45, 7) is 9.71. The van der Waals surface area contributed by atoms with Gasteiger partial charge in [-0.3, -0.25) is 14.5 Å². The van der Waals surface area contributed by atoms with E-state index in [1.807, 2.05) is 22.4 Å². The molecule has 1 aromatic heterocycles. The van der Waals surface area contributed by atoms with Gasteiger partial charge in [0.25, 0.3) is 0 Å². The Morgan fingerprint density at radius 1 is 1.32 bits per heavy atom. The molecule has 0 saturated carbocycles. The number of amides is 2. The van der Waals surface area contributed by atoms with Crippen LogP contribution < -0.4 is 0 Å². The van der Waals surface area contributed by atoms with Crippen LogP contribution in [-0.2, 0) is 16.1 Å². The van der Waals surface area contributed by atoms with Crippen LogP contribution in [-0.4, -0.2) is 65.8 Å². The fraction of sp³-hybridized carbons (Fsp3) is 0.500. The molecule has 0 aliphatic carbocycles. The van der Waals surface area contributed by atoms with E-state index in [1.165, 1.54) is 4.88 Å². The van der Waals surface area contributed by atoms with Gasteiger partial charge in [-0.05, 0) is 11.4 Å². The molecule has 1 aromatic rings. The van der Waals surface area contributed by atoms with E-state index >= 15 is 0 Å². The van der Waals surface area contributed by atoms with Gasteiger partial charge in [0.1, 0.15) is 0 Å². The molecule has 0 aromatic carbocycles. The number of hydrogen-bond acceptors (Lipinski definition) is 4. The van der Waals surface area contributed by atoms with Crippen LogP contribution in [0.5, 0.6) is 0 Å². The highest BCUT2D eigenvalue weighted by molar-refractivity contribution is 7.09. The topological polar surface area (TPSA) is 43.9 Å². The summed E-state index contributed by atoms with van der Waals surface area (Å²) in [6, 6.07) is 4.10. The van der Waals surface area contributed by atoms with Gasteiger partial charge in [0, 0.05) is 51.1 Å². The quantitative estimate of drug-likeness (QED) is 0.745. The maximum absolute atomic E-state index is 12.4. The van der Waals surface area contributed by atoms with Gasteiger partial charge in [-0.25, -0.2) is 0 Å². The second kappa shape index (κ2) is 8.10. The van der Waals surface area contributed by atoms with Crippen LogP contribution in [0.4, 0.5) is 0 Å². The van der Waals surface area contributed by atoms with Crippen molar-refractivity contribution in [1.82, 2.24) is 14.7 Å². The third-order valence-corrected chi connectivity index (χ3v) is 4.64. The minimum absolute atomic E-state index is 0.0816. The minimum Gasteiger partial charge on any atom is -0.339 e. The van der Waals surface area contributed by atoms with Crippen LogP contribution in [0.1, 0.15) is 11.8 Å². The predicted octanol–water partition coefficient (Wildman–Crippen LogP) is 1.43. The van der Waals surface area contributed by atoms with Crippen LogP contribution in [0.2, 0.25) is 0 Å². The SMILES string of the molecule is C=CCN(CC(=O)N1CCN(C(C)=O)CC1)Cc1cccs1. The molecule has 0 radical (unpaired) electrons. The summed E-state index contributed by atoms with van der Waals surface area (Å²) in [4.78, 5) is 30.7. The lowest BCUT2D eigenvalue weighted by Gasteiger charge is -2.35. The fourth-order valence-corrected chi connectivity index (χ4v) is 3.30. The van der Waals surface area contributed by atoms with Gasteiger partial charge in [-0.2, -0.15) is 0 Å². The zero-order valence-electron chi connectivity index (χ0n) is 13.0. The first-order valence-electron chi connectivity index (χ1n) is 7.49. The van der Waals surface area contributed by atoms with Crippen molar-refractivity contribution >= 4 is 23.2 Å². The second-order valence-electron chi connectivity index (χ2n) is 5.42. The first-order chi connectivity index (χ1) is 10.6. The summed E-state index contributed by atoms with van der Waals surface area (Å²) in [5.74, 6) is 0.208. The van der Waals surface area contributed by atoms with Crippen LogP contribution in [0.15, 0.2) is 30.2 Å². The highest BCUT2D eigenvalue weighted by Gasteiger charge is 2.23. The molecule has 1 saturated heterocycles. The second-order valence-corrected chi connectivity index (χ2v) is 6.46. The van der Waals surface area contributed by atoms with Gasteiger partial charge >= 0.3 is 0 Å². The molecule has 0 bridgehead atoms. The van der Waals surface area contributed by atoms with Gasteiger partial charge in [0.05, 0.1) is 6.54 Å². The first-order valence-corrected chi connectivity index (χ1v) is 8.37. The zero-order valence-corrected chi connectivity index (χ0v) is 13.8. The molecule has 120 valence electrons. The molecule has 2 amide bonds. The molecule has 1 aliphatic rings. The van der Waals surface area contributed by atoms with Crippen molar-refractivity contribution in [1.29, 1.82) is 0 Å². The van der Waals surface area contributed by atoms with E-state index in [9.17, 15) is 9.59 Å². The number of thiophene rings is 1. The molecular weight excluding hydrogens is 298 g/mol. The Labute approximate surface area is 135 Å². The smallest absolute Gasteiger partial charge is 0.236 e. The Hall–Kier alpha value is -1.66. The monoisotopic (exact) mass is 321 g/mol. The lowest BCUT2D eigenvalue weighted by atomic mass is 10.3. The lowest BCUT2D eigenvalue weighted by molar-refractivity contribution is -0.139. The van der Waals surface area contributed by atoms with E-state index in [1.54, 1.807) is 23.2 Å². The molecular formula is C16H23N3O2S. The fourth-order valence-electron chi connectivity index (χ4n) is 2.55. The van der Waals surface area contributed by atoms with Gasteiger partial charge < -0.3 is 9.80 Å². The van der Waals surface area contributed by atoms with E-state index in [0.29, 0.717) is 39.3 Å². The zero-order chi connectivity index (χ0) is 15.9. The van der Waals surface area contributed by atoms with Crippen molar-refractivity contribution in [3.05, 3.63) is 35.0 Å². The van der Waals surface area contributed by atoms with E-state index in [4.69, 9.17) is 0 Å². The summed E-state index contributed by atoms with van der Waals surface area (Å²) < 4.78 is 0. The van der Waals surface area contributed by atoms with E-state index < -0.39 is 0 Å². The van der Waals surface area contributed by atoms with Gasteiger partial charge in [-0.15, -0.1) is 17.9 Å². The van der Waals surface area contributed by atoms with Crippen molar-refractivity contribution in [2.45, 2.75) is 13.5 Å². The maximum Gasteiger partial charge on any atom is 0.236 e. The standard InChI is InChI=1S/C16H23N3O2S/c1-3-6-17(12-15-5-4-11-22-15)13-16(21)19-9-7-18(8-10-19)14(2)20/h3-5,11H,1,6-10,12-13H2,2H3. The summed E-state index contributed by atoms with van der Waals surface area (Å²) in [7, 11) is 0. The molecule has 0 atom stereocenters. The number of carbonyl (C=O) groups excluding carboxylic acids is 2. The summed E-state index contributed by atoms with van der Waals surface area (Å²) in [6.07, 6.45) is 1.83. The highest BCUT2D eigenvalue weighted by atomic mass is 32.1. The lowest BCUT2D eigenvalue weighted by Crippen LogP contribution is -2.52. The van der Waals surface area contributed by atoms with E-state index in [2.05, 4.69) is 17.5 Å². The third-order valence-electron chi connectivity index (χ3n) is 3.78. The number of rotatable bonds is 6. The van der Waals surface area contributed by atoms with Gasteiger partial charge in [0.2, 0.25) is 11.8 Å². The average Bonchev–Trinajstić information content (AvgIpc) is 3.00. The average molecular weight is 321 g/mol. The van der Waals surface area contributed by atoms with Crippen molar-refractivity contribution < 1.29 is 9.59 Å². The number of piperazine rings is 1. The molecule has 2 rings (SSSR count). The van der Waals surface area contributed by atoms with Crippen molar-refractivity contribution in [3.63, 3.8) is 0 Å². The van der Waals surface area contributed by atoms with Crippen LogP contribution in [0.3, 0.4) is 0 Å². The normalized spacial score (nSPS) is 15.2. The van der Waals surface area contributed by atoms with Crippen molar-refractivity contribution in [3.8, 4) is 0 Å². The van der Waals surface area contributed by atoms with Gasteiger partial charge in [-0.1, -0.05) is 12.1 Å². The number of carbonyl (C=O) groups is 2. The first kappa shape index (κ1) is 16.7. The molecule has 5 nitrogen and oxygen atoms in total. The largest absolute Gasteiger partial charge is 0.339 e.